The first-order valence-corrected chi connectivity index (χ1v) is 9.87. The van der Waals surface area contributed by atoms with E-state index in [0.717, 1.165) is 36.3 Å². The number of nitrogens with one attached hydrogen (secondary N) is 1. The molecule has 1 aromatic rings. The number of benzene rings is 1. The van der Waals surface area contributed by atoms with Crippen LogP contribution >= 0.6 is 0 Å². The average molecular weight is 376 g/mol. The quantitative estimate of drug-likeness (QED) is 0.767. The van der Waals surface area contributed by atoms with Crippen molar-refractivity contribution in [3.8, 4) is 0 Å². The van der Waals surface area contributed by atoms with Gasteiger partial charge < -0.3 is 15.3 Å². The predicted octanol–water partition coefficient (Wildman–Crippen LogP) is 2.33. The van der Waals surface area contributed by atoms with E-state index in [1.165, 1.54) is 0 Å². The Morgan fingerprint density at radius 3 is 2.59 bits per heavy atom. The van der Waals surface area contributed by atoms with E-state index in [0.29, 0.717) is 19.4 Å². The van der Waals surface area contributed by atoms with Gasteiger partial charge in [-0.2, -0.15) is 0 Å². The van der Waals surface area contributed by atoms with Crippen molar-refractivity contribution in [3.05, 3.63) is 29.3 Å². The summed E-state index contributed by atoms with van der Waals surface area (Å²) in [7, 11) is 0. The highest BCUT2D eigenvalue weighted by Crippen LogP contribution is 2.18. The lowest BCUT2D eigenvalue weighted by atomic mass is 10.1. The number of carbonyl (C=O) groups excluding carboxylic acids is 2. The van der Waals surface area contributed by atoms with E-state index in [1.807, 2.05) is 45.9 Å². The number of amides is 2. The molecule has 1 heterocycles. The van der Waals surface area contributed by atoms with Crippen LogP contribution in [0.15, 0.2) is 18.2 Å². The zero-order valence-corrected chi connectivity index (χ0v) is 17.0. The Morgan fingerprint density at radius 1 is 1.30 bits per heavy atom. The molecular weight excluding hydrogens is 342 g/mol. The molecule has 2 amide bonds. The number of hydrogen-bond acceptors (Lipinski definition) is 4. The summed E-state index contributed by atoms with van der Waals surface area (Å²) in [6.45, 7) is 9.77. The van der Waals surface area contributed by atoms with Gasteiger partial charge in [-0.1, -0.05) is 19.1 Å². The summed E-state index contributed by atoms with van der Waals surface area (Å²) in [4.78, 5) is 29.2. The van der Waals surface area contributed by atoms with Crippen LogP contribution in [0.25, 0.3) is 0 Å². The van der Waals surface area contributed by atoms with E-state index in [2.05, 4.69) is 10.2 Å². The summed E-state index contributed by atoms with van der Waals surface area (Å²) < 4.78 is 0. The maximum Gasteiger partial charge on any atom is 0.244 e. The number of aryl methyl sites for hydroxylation is 1. The molecule has 1 aromatic carbocycles. The third kappa shape index (κ3) is 6.04. The Balaban J connectivity index is 1.99. The Bertz CT molecular complexity index is 654. The fraction of sp³-hybridized carbons (Fsp3) is 0.619. The van der Waals surface area contributed by atoms with Crippen molar-refractivity contribution in [2.75, 3.05) is 31.5 Å². The second-order valence-electron chi connectivity index (χ2n) is 7.58. The highest BCUT2D eigenvalue weighted by Gasteiger charge is 2.26. The van der Waals surface area contributed by atoms with Gasteiger partial charge in [0.05, 0.1) is 12.6 Å². The van der Waals surface area contributed by atoms with Gasteiger partial charge in [-0.05, 0) is 57.2 Å². The molecule has 0 radical (unpaired) electrons. The van der Waals surface area contributed by atoms with Crippen LogP contribution in [0.3, 0.4) is 0 Å². The van der Waals surface area contributed by atoms with Crippen molar-refractivity contribution in [2.45, 2.75) is 59.1 Å². The van der Waals surface area contributed by atoms with Gasteiger partial charge in [0.2, 0.25) is 11.8 Å². The van der Waals surface area contributed by atoms with Crippen molar-refractivity contribution in [2.24, 2.45) is 0 Å². The standard InChI is InChI=1S/C21H33N3O3/c1-5-16(3)24(21(27)14-23-11-9-18(25)10-12-23)13-20(26)22-19-8-6-7-15(2)17(19)4/h6-8,16,18,25H,5,9-14H2,1-4H3,(H,22,26)/t16-/m1/s1. The minimum absolute atomic E-state index is 0.00256. The van der Waals surface area contributed by atoms with Crippen molar-refractivity contribution in [1.82, 2.24) is 9.80 Å². The molecule has 1 aliphatic heterocycles. The highest BCUT2D eigenvalue weighted by atomic mass is 16.3. The molecule has 0 spiro atoms. The number of anilines is 1. The van der Waals surface area contributed by atoms with Crippen molar-refractivity contribution in [3.63, 3.8) is 0 Å². The van der Waals surface area contributed by atoms with Gasteiger partial charge in [-0.3, -0.25) is 14.5 Å². The molecule has 150 valence electrons. The van der Waals surface area contributed by atoms with Gasteiger partial charge in [0.25, 0.3) is 0 Å². The molecule has 27 heavy (non-hydrogen) atoms. The number of rotatable bonds is 7. The first kappa shape index (κ1) is 21.4. The first-order chi connectivity index (χ1) is 12.8. The van der Waals surface area contributed by atoms with E-state index in [4.69, 9.17) is 0 Å². The first-order valence-electron chi connectivity index (χ1n) is 9.87. The Hall–Kier alpha value is -1.92. The van der Waals surface area contributed by atoms with E-state index in [9.17, 15) is 14.7 Å². The molecule has 0 aromatic heterocycles. The minimum Gasteiger partial charge on any atom is -0.393 e. The van der Waals surface area contributed by atoms with Crippen molar-refractivity contribution in [1.29, 1.82) is 0 Å². The fourth-order valence-corrected chi connectivity index (χ4v) is 3.30. The van der Waals surface area contributed by atoms with Gasteiger partial charge in [-0.15, -0.1) is 0 Å². The third-order valence-electron chi connectivity index (χ3n) is 5.55. The van der Waals surface area contributed by atoms with Gasteiger partial charge >= 0.3 is 0 Å². The van der Waals surface area contributed by atoms with Gasteiger partial charge in [0, 0.05) is 24.8 Å². The van der Waals surface area contributed by atoms with Crippen molar-refractivity contribution >= 4 is 17.5 Å². The molecular formula is C21H33N3O3. The maximum absolute atomic E-state index is 12.8. The van der Waals surface area contributed by atoms with Crippen LogP contribution in [0.4, 0.5) is 5.69 Å². The van der Waals surface area contributed by atoms with E-state index in [1.54, 1.807) is 4.90 Å². The third-order valence-corrected chi connectivity index (χ3v) is 5.55. The number of hydrogen-bond donors (Lipinski definition) is 2. The molecule has 6 nitrogen and oxygen atoms in total. The maximum atomic E-state index is 12.8. The second-order valence-corrected chi connectivity index (χ2v) is 7.58. The molecule has 1 atom stereocenters. The molecule has 0 saturated carbocycles. The van der Waals surface area contributed by atoms with Crippen LogP contribution in [0, 0.1) is 13.8 Å². The lowest BCUT2D eigenvalue weighted by molar-refractivity contribution is -0.138. The number of aliphatic hydroxyl groups excluding tert-OH is 1. The smallest absolute Gasteiger partial charge is 0.244 e. The molecule has 2 N–H and O–H groups in total. The predicted molar refractivity (Wildman–Crippen MR) is 108 cm³/mol. The Labute approximate surface area is 162 Å². The van der Waals surface area contributed by atoms with Gasteiger partial charge in [0.15, 0.2) is 0 Å². The van der Waals surface area contributed by atoms with Crippen LogP contribution in [-0.4, -0.2) is 65.0 Å². The zero-order chi connectivity index (χ0) is 20.0. The number of likely N-dealkylation sites (tertiary alicyclic amines) is 1. The van der Waals surface area contributed by atoms with E-state index >= 15 is 0 Å². The Kier molecular flexibility index (Phi) is 7.80. The minimum atomic E-state index is -0.259. The lowest BCUT2D eigenvalue weighted by Gasteiger charge is -2.33. The summed E-state index contributed by atoms with van der Waals surface area (Å²) in [5.41, 5.74) is 2.95. The van der Waals surface area contributed by atoms with E-state index < -0.39 is 0 Å². The molecule has 1 fully saturated rings. The molecule has 1 aliphatic rings. The SMILES string of the molecule is CC[C@@H](C)N(CC(=O)Nc1cccc(C)c1C)C(=O)CN1CCC(O)CC1. The van der Waals surface area contributed by atoms with Gasteiger partial charge in [-0.25, -0.2) is 0 Å². The molecule has 0 aliphatic carbocycles. The molecule has 0 bridgehead atoms. The number of nitrogens with zero attached hydrogens (tertiary/aromatic N) is 2. The Morgan fingerprint density at radius 2 is 1.96 bits per heavy atom. The van der Waals surface area contributed by atoms with Gasteiger partial charge in [0.1, 0.15) is 6.54 Å². The topological polar surface area (TPSA) is 72.9 Å². The summed E-state index contributed by atoms with van der Waals surface area (Å²) in [5.74, 6) is -0.205. The van der Waals surface area contributed by atoms with Crippen LogP contribution < -0.4 is 5.32 Å². The number of carbonyl (C=O) groups is 2. The molecule has 0 unspecified atom stereocenters. The largest absolute Gasteiger partial charge is 0.393 e. The summed E-state index contributed by atoms with van der Waals surface area (Å²) in [5, 5.41) is 12.6. The van der Waals surface area contributed by atoms with Crippen LogP contribution in [-0.2, 0) is 9.59 Å². The summed E-state index contributed by atoms with van der Waals surface area (Å²) >= 11 is 0. The highest BCUT2D eigenvalue weighted by molar-refractivity contribution is 5.95. The van der Waals surface area contributed by atoms with Crippen molar-refractivity contribution < 1.29 is 14.7 Å². The monoisotopic (exact) mass is 375 g/mol. The normalized spacial score (nSPS) is 16.8. The molecule has 6 heteroatoms. The zero-order valence-electron chi connectivity index (χ0n) is 17.0. The molecule has 1 saturated heterocycles. The number of aliphatic hydroxyl groups is 1. The van der Waals surface area contributed by atoms with Crippen LogP contribution in [0.2, 0.25) is 0 Å². The van der Waals surface area contributed by atoms with E-state index in [-0.39, 0.29) is 30.5 Å². The van der Waals surface area contributed by atoms with Crippen LogP contribution in [0.1, 0.15) is 44.2 Å². The second kappa shape index (κ2) is 9.85. The summed E-state index contributed by atoms with van der Waals surface area (Å²) in [6, 6.07) is 5.81. The fourth-order valence-electron chi connectivity index (χ4n) is 3.30. The van der Waals surface area contributed by atoms with Crippen LogP contribution in [0.5, 0.6) is 0 Å². The molecule has 2 rings (SSSR count). The summed E-state index contributed by atoms with van der Waals surface area (Å²) in [6.07, 6.45) is 1.93. The number of piperidine rings is 1. The lowest BCUT2D eigenvalue weighted by Crippen LogP contribution is -2.49. The average Bonchev–Trinajstić information content (AvgIpc) is 2.64.